The summed E-state index contributed by atoms with van der Waals surface area (Å²) in [5.41, 5.74) is 3.99. The first kappa shape index (κ1) is 20.3. The summed E-state index contributed by atoms with van der Waals surface area (Å²) in [6.07, 6.45) is 8.22. The fourth-order valence-electron chi connectivity index (χ4n) is 4.57. The van der Waals surface area contributed by atoms with Crippen LogP contribution in [-0.2, 0) is 16.4 Å². The number of benzene rings is 1. The Hall–Kier alpha value is -1.96. The predicted octanol–water partition coefficient (Wildman–Crippen LogP) is 2.71. The van der Waals surface area contributed by atoms with Crippen molar-refractivity contribution in [1.29, 1.82) is 0 Å². The number of rotatable bonds is 5. The number of β-amino-alcohol motifs (C(OH)–C–C–N with tert-alkyl or cyclic N) is 1. The SMILES string of the molecule is CS(=O)(=O)N1CCCc2cc([C@H](O)CN3CCC(c4ccncc4)CC3)ccc21. The maximum atomic E-state index is 12.0. The number of piperidine rings is 1. The summed E-state index contributed by atoms with van der Waals surface area (Å²) < 4.78 is 25.5. The summed E-state index contributed by atoms with van der Waals surface area (Å²) in [7, 11) is -3.26. The maximum absolute atomic E-state index is 12.0. The number of sulfonamides is 1. The van der Waals surface area contributed by atoms with E-state index in [1.54, 1.807) is 0 Å². The second-order valence-electron chi connectivity index (χ2n) is 8.20. The molecule has 0 amide bonds. The van der Waals surface area contributed by atoms with Gasteiger partial charge in [0.1, 0.15) is 0 Å². The highest BCUT2D eigenvalue weighted by molar-refractivity contribution is 7.92. The largest absolute Gasteiger partial charge is 0.387 e. The van der Waals surface area contributed by atoms with Crippen LogP contribution in [0.5, 0.6) is 0 Å². The van der Waals surface area contributed by atoms with E-state index in [2.05, 4.69) is 22.0 Å². The number of aromatic nitrogens is 1. The van der Waals surface area contributed by atoms with Crippen molar-refractivity contribution >= 4 is 15.7 Å². The van der Waals surface area contributed by atoms with E-state index in [0.717, 1.165) is 55.6 Å². The molecule has 1 fully saturated rings. The first-order chi connectivity index (χ1) is 13.9. The molecule has 0 bridgehead atoms. The number of hydrogen-bond donors (Lipinski definition) is 1. The fraction of sp³-hybridized carbons (Fsp3) is 0.500. The summed E-state index contributed by atoms with van der Waals surface area (Å²) in [5, 5.41) is 10.8. The van der Waals surface area contributed by atoms with E-state index in [0.29, 0.717) is 19.0 Å². The molecule has 1 atom stereocenters. The molecule has 2 aliphatic heterocycles. The molecule has 6 nitrogen and oxygen atoms in total. The molecule has 156 valence electrons. The number of pyridine rings is 1. The molecular weight excluding hydrogens is 386 g/mol. The molecule has 3 heterocycles. The number of aliphatic hydroxyl groups is 1. The summed E-state index contributed by atoms with van der Waals surface area (Å²) in [6.45, 7) is 3.07. The summed E-state index contributed by atoms with van der Waals surface area (Å²) in [6, 6.07) is 9.91. The number of nitrogens with zero attached hydrogens (tertiary/aromatic N) is 3. The predicted molar refractivity (Wildman–Crippen MR) is 115 cm³/mol. The summed E-state index contributed by atoms with van der Waals surface area (Å²) in [4.78, 5) is 6.42. The van der Waals surface area contributed by atoms with Crippen molar-refractivity contribution in [1.82, 2.24) is 9.88 Å². The van der Waals surface area contributed by atoms with Gasteiger partial charge in [-0.1, -0.05) is 12.1 Å². The average molecular weight is 416 g/mol. The van der Waals surface area contributed by atoms with Crippen molar-refractivity contribution in [2.75, 3.05) is 36.7 Å². The smallest absolute Gasteiger partial charge is 0.232 e. The molecule has 1 aromatic heterocycles. The molecule has 2 aliphatic rings. The van der Waals surface area contributed by atoms with Gasteiger partial charge in [-0.25, -0.2) is 8.42 Å². The molecule has 1 N–H and O–H groups in total. The van der Waals surface area contributed by atoms with Crippen LogP contribution in [-0.4, -0.2) is 55.8 Å². The van der Waals surface area contributed by atoms with Crippen molar-refractivity contribution in [3.05, 3.63) is 59.4 Å². The highest BCUT2D eigenvalue weighted by Gasteiger charge is 2.26. The van der Waals surface area contributed by atoms with Crippen LogP contribution in [0.4, 0.5) is 5.69 Å². The lowest BCUT2D eigenvalue weighted by molar-refractivity contribution is 0.0972. The number of aryl methyl sites for hydroxylation is 1. The third kappa shape index (κ3) is 4.63. The Balaban J connectivity index is 1.39. The van der Waals surface area contributed by atoms with Gasteiger partial charge in [0.25, 0.3) is 0 Å². The Kier molecular flexibility index (Phi) is 5.90. The Morgan fingerprint density at radius 2 is 1.86 bits per heavy atom. The monoisotopic (exact) mass is 415 g/mol. The summed E-state index contributed by atoms with van der Waals surface area (Å²) >= 11 is 0. The molecule has 1 aromatic carbocycles. The van der Waals surface area contributed by atoms with Gasteiger partial charge in [0.2, 0.25) is 10.0 Å². The van der Waals surface area contributed by atoms with Crippen LogP contribution in [0.1, 0.15) is 48.0 Å². The third-order valence-electron chi connectivity index (χ3n) is 6.16. The van der Waals surface area contributed by atoms with Crippen LogP contribution in [0.15, 0.2) is 42.7 Å². The quantitative estimate of drug-likeness (QED) is 0.813. The molecule has 0 saturated carbocycles. The van der Waals surface area contributed by atoms with Crippen LogP contribution in [0.3, 0.4) is 0 Å². The first-order valence-electron chi connectivity index (χ1n) is 10.3. The van der Waals surface area contributed by atoms with Gasteiger partial charge in [-0.05, 0) is 79.6 Å². The standard InChI is InChI=1S/C22H29N3O3S/c1-29(27,28)25-12-2-3-19-15-20(4-5-21(19)25)22(26)16-24-13-8-18(9-14-24)17-6-10-23-11-7-17/h4-7,10-11,15,18,22,26H,2-3,8-9,12-14,16H2,1H3/t22-/m1/s1. The van der Waals surface area contributed by atoms with Crippen molar-refractivity contribution in [2.45, 2.75) is 37.7 Å². The van der Waals surface area contributed by atoms with Crippen molar-refractivity contribution < 1.29 is 13.5 Å². The normalized spacial score (nSPS) is 19.7. The fourth-order valence-corrected chi connectivity index (χ4v) is 5.56. The Morgan fingerprint density at radius 3 is 2.55 bits per heavy atom. The van der Waals surface area contributed by atoms with Crippen molar-refractivity contribution in [3.8, 4) is 0 Å². The molecule has 1 saturated heterocycles. The lowest BCUT2D eigenvalue weighted by Gasteiger charge is -2.34. The zero-order chi connectivity index (χ0) is 20.4. The topological polar surface area (TPSA) is 73.7 Å². The summed E-state index contributed by atoms with van der Waals surface area (Å²) in [5.74, 6) is 0.567. The number of anilines is 1. The van der Waals surface area contributed by atoms with Gasteiger partial charge in [0.05, 0.1) is 18.0 Å². The molecule has 29 heavy (non-hydrogen) atoms. The van der Waals surface area contributed by atoms with Crippen molar-refractivity contribution in [2.24, 2.45) is 0 Å². The molecule has 2 aromatic rings. The molecule has 0 spiro atoms. The van der Waals surface area contributed by atoms with Gasteiger partial charge in [0.15, 0.2) is 0 Å². The number of aliphatic hydroxyl groups excluding tert-OH is 1. The average Bonchev–Trinajstić information content (AvgIpc) is 2.73. The van der Waals surface area contributed by atoms with Gasteiger partial charge in [-0.2, -0.15) is 0 Å². The van der Waals surface area contributed by atoms with Crippen molar-refractivity contribution in [3.63, 3.8) is 0 Å². The second kappa shape index (κ2) is 8.42. The van der Waals surface area contributed by atoms with E-state index in [1.807, 2.05) is 30.6 Å². The first-order valence-corrected chi connectivity index (χ1v) is 12.2. The van der Waals surface area contributed by atoms with Crippen LogP contribution < -0.4 is 4.31 Å². The highest BCUT2D eigenvalue weighted by Crippen LogP contribution is 2.32. The van der Waals surface area contributed by atoms with E-state index in [4.69, 9.17) is 0 Å². The molecule has 0 unspecified atom stereocenters. The van der Waals surface area contributed by atoms with E-state index >= 15 is 0 Å². The van der Waals surface area contributed by atoms with Gasteiger partial charge >= 0.3 is 0 Å². The lowest BCUT2D eigenvalue weighted by Crippen LogP contribution is -2.36. The molecular formula is C22H29N3O3S. The Bertz CT molecular complexity index is 941. The zero-order valence-electron chi connectivity index (χ0n) is 16.9. The minimum absolute atomic E-state index is 0.528. The number of hydrogen-bond acceptors (Lipinski definition) is 5. The third-order valence-corrected chi connectivity index (χ3v) is 7.34. The van der Waals surface area contributed by atoms with Gasteiger partial charge < -0.3 is 10.0 Å². The van der Waals surface area contributed by atoms with Gasteiger partial charge in [0, 0.05) is 25.5 Å². The molecule has 0 aliphatic carbocycles. The minimum atomic E-state index is -3.26. The van der Waals surface area contributed by atoms with Gasteiger partial charge in [-0.15, -0.1) is 0 Å². The van der Waals surface area contributed by atoms with Crippen LogP contribution in [0.2, 0.25) is 0 Å². The number of fused-ring (bicyclic) bond motifs is 1. The van der Waals surface area contributed by atoms with E-state index in [9.17, 15) is 13.5 Å². The van der Waals surface area contributed by atoms with Crippen LogP contribution in [0, 0.1) is 0 Å². The molecule has 7 heteroatoms. The Morgan fingerprint density at radius 1 is 1.14 bits per heavy atom. The van der Waals surface area contributed by atoms with E-state index < -0.39 is 16.1 Å². The van der Waals surface area contributed by atoms with E-state index in [1.165, 1.54) is 16.1 Å². The van der Waals surface area contributed by atoms with Gasteiger partial charge in [-0.3, -0.25) is 9.29 Å². The molecule has 4 rings (SSSR count). The van der Waals surface area contributed by atoms with Crippen LogP contribution in [0.25, 0.3) is 0 Å². The van der Waals surface area contributed by atoms with E-state index in [-0.39, 0.29) is 0 Å². The van der Waals surface area contributed by atoms with Crippen LogP contribution >= 0.6 is 0 Å². The second-order valence-corrected chi connectivity index (χ2v) is 10.1. The lowest BCUT2D eigenvalue weighted by atomic mass is 9.90. The maximum Gasteiger partial charge on any atom is 0.232 e. The number of likely N-dealkylation sites (tertiary alicyclic amines) is 1. The Labute approximate surface area is 173 Å². The molecule has 0 radical (unpaired) electrons. The zero-order valence-corrected chi connectivity index (χ0v) is 17.7. The minimum Gasteiger partial charge on any atom is -0.387 e. The highest BCUT2D eigenvalue weighted by atomic mass is 32.2.